The zero-order valence-electron chi connectivity index (χ0n) is 6.33. The normalized spacial score (nSPS) is 29.2. The van der Waals surface area contributed by atoms with Gasteiger partial charge >= 0.3 is 0 Å². The van der Waals surface area contributed by atoms with E-state index in [4.69, 9.17) is 0 Å². The quantitative estimate of drug-likeness (QED) is 0.472. The average Bonchev–Trinajstić information content (AvgIpc) is 1.83. The summed E-state index contributed by atoms with van der Waals surface area (Å²) in [4.78, 5) is 4.49. The van der Waals surface area contributed by atoms with E-state index in [0.717, 1.165) is 6.54 Å². The van der Waals surface area contributed by atoms with Crippen LogP contribution >= 0.6 is 0 Å². The Balaban J connectivity index is 2.58. The third-order valence-corrected chi connectivity index (χ3v) is 1.96. The van der Waals surface area contributed by atoms with Gasteiger partial charge in [0.1, 0.15) is 0 Å². The molecule has 1 unspecified atom stereocenters. The van der Waals surface area contributed by atoms with Crippen LogP contribution < -0.4 is 0 Å². The van der Waals surface area contributed by atoms with Gasteiger partial charge in [-0.3, -0.25) is 4.90 Å². The SMILES string of the molecule is CC1N(C)C=CCN1C. The topological polar surface area (TPSA) is 6.48 Å². The zero-order chi connectivity index (χ0) is 6.85. The second-order valence-corrected chi connectivity index (χ2v) is 2.62. The molecule has 1 heterocycles. The summed E-state index contributed by atoms with van der Waals surface area (Å²) in [5.74, 6) is 0. The highest BCUT2D eigenvalue weighted by atomic mass is 15.3. The molecule has 52 valence electrons. The van der Waals surface area contributed by atoms with Crippen LogP contribution in [0.25, 0.3) is 0 Å². The molecule has 0 N–H and O–H groups in total. The predicted octanol–water partition coefficient (Wildman–Crippen LogP) is 0.723. The van der Waals surface area contributed by atoms with Crippen LogP contribution in [0.4, 0.5) is 0 Å². The van der Waals surface area contributed by atoms with Crippen LogP contribution in [0.2, 0.25) is 0 Å². The van der Waals surface area contributed by atoms with Crippen molar-refractivity contribution in [2.45, 2.75) is 13.1 Å². The number of nitrogens with zero attached hydrogens (tertiary/aromatic N) is 2. The molecule has 0 aromatic carbocycles. The fraction of sp³-hybridized carbons (Fsp3) is 0.714. The Labute approximate surface area is 56.8 Å². The lowest BCUT2D eigenvalue weighted by molar-refractivity contribution is 0.135. The van der Waals surface area contributed by atoms with Crippen molar-refractivity contribution in [1.82, 2.24) is 9.80 Å². The maximum absolute atomic E-state index is 2.29. The van der Waals surface area contributed by atoms with E-state index in [-0.39, 0.29) is 0 Å². The summed E-state index contributed by atoms with van der Waals surface area (Å²) in [5, 5.41) is 0. The van der Waals surface area contributed by atoms with Crippen LogP contribution in [-0.4, -0.2) is 36.6 Å². The first-order valence-electron chi connectivity index (χ1n) is 3.30. The molecule has 0 fully saturated rings. The molecule has 1 aliphatic heterocycles. The molecule has 0 spiro atoms. The highest BCUT2D eigenvalue weighted by Crippen LogP contribution is 2.05. The number of hydrogen-bond acceptors (Lipinski definition) is 2. The molecule has 0 aromatic heterocycles. The van der Waals surface area contributed by atoms with E-state index in [0.29, 0.717) is 6.17 Å². The molecule has 9 heavy (non-hydrogen) atoms. The summed E-state index contributed by atoms with van der Waals surface area (Å²) in [7, 11) is 4.22. The van der Waals surface area contributed by atoms with E-state index in [1.165, 1.54) is 0 Å². The zero-order valence-corrected chi connectivity index (χ0v) is 6.33. The Hall–Kier alpha value is -0.500. The van der Waals surface area contributed by atoms with Crippen LogP contribution in [0.15, 0.2) is 12.3 Å². The first-order chi connectivity index (χ1) is 4.22. The van der Waals surface area contributed by atoms with Crippen LogP contribution in [0, 0.1) is 0 Å². The third kappa shape index (κ3) is 1.24. The van der Waals surface area contributed by atoms with E-state index in [1.54, 1.807) is 0 Å². The van der Waals surface area contributed by atoms with Gasteiger partial charge in [0.2, 0.25) is 0 Å². The van der Waals surface area contributed by atoms with Crippen LogP contribution in [0.1, 0.15) is 6.92 Å². The summed E-state index contributed by atoms with van der Waals surface area (Å²) in [5.41, 5.74) is 0. The lowest BCUT2D eigenvalue weighted by Crippen LogP contribution is -2.42. The summed E-state index contributed by atoms with van der Waals surface area (Å²) in [6.45, 7) is 3.27. The minimum atomic E-state index is 0.551. The Morgan fingerprint density at radius 2 is 2.11 bits per heavy atom. The molecule has 1 rings (SSSR count). The Kier molecular flexibility index (Phi) is 1.76. The molecule has 1 aliphatic rings. The minimum absolute atomic E-state index is 0.551. The van der Waals surface area contributed by atoms with Crippen LogP contribution in [0.5, 0.6) is 0 Å². The van der Waals surface area contributed by atoms with Gasteiger partial charge in [-0.1, -0.05) is 6.08 Å². The third-order valence-electron chi connectivity index (χ3n) is 1.96. The molecule has 0 saturated carbocycles. The molecule has 0 radical (unpaired) electrons. The van der Waals surface area contributed by atoms with Gasteiger partial charge in [0.05, 0.1) is 6.17 Å². The first kappa shape index (κ1) is 6.62. The van der Waals surface area contributed by atoms with Crippen molar-refractivity contribution >= 4 is 0 Å². The summed E-state index contributed by atoms with van der Waals surface area (Å²) < 4.78 is 0. The lowest BCUT2D eigenvalue weighted by atomic mass is 10.3. The molecular formula is C7H14N2. The monoisotopic (exact) mass is 126 g/mol. The Morgan fingerprint density at radius 3 is 2.56 bits per heavy atom. The van der Waals surface area contributed by atoms with Crippen molar-refractivity contribution in [2.24, 2.45) is 0 Å². The van der Waals surface area contributed by atoms with Gasteiger partial charge in [-0.2, -0.15) is 0 Å². The van der Waals surface area contributed by atoms with Crippen molar-refractivity contribution in [1.29, 1.82) is 0 Å². The van der Waals surface area contributed by atoms with Gasteiger partial charge in [-0.15, -0.1) is 0 Å². The predicted molar refractivity (Wildman–Crippen MR) is 39.0 cm³/mol. The molecule has 2 nitrogen and oxygen atoms in total. The molecular weight excluding hydrogens is 112 g/mol. The number of hydrogen-bond donors (Lipinski definition) is 0. The van der Waals surface area contributed by atoms with Crippen LogP contribution in [0.3, 0.4) is 0 Å². The van der Waals surface area contributed by atoms with Gasteiger partial charge in [-0.25, -0.2) is 0 Å². The van der Waals surface area contributed by atoms with Crippen molar-refractivity contribution in [2.75, 3.05) is 20.6 Å². The highest BCUT2D eigenvalue weighted by Gasteiger charge is 2.12. The average molecular weight is 126 g/mol. The van der Waals surface area contributed by atoms with Gasteiger partial charge in [0.25, 0.3) is 0 Å². The molecule has 0 aliphatic carbocycles. The number of rotatable bonds is 0. The van der Waals surface area contributed by atoms with Crippen molar-refractivity contribution in [3.05, 3.63) is 12.3 Å². The fourth-order valence-electron chi connectivity index (χ4n) is 0.968. The van der Waals surface area contributed by atoms with Crippen molar-refractivity contribution < 1.29 is 0 Å². The second kappa shape index (κ2) is 2.40. The van der Waals surface area contributed by atoms with Crippen molar-refractivity contribution in [3.8, 4) is 0 Å². The minimum Gasteiger partial charge on any atom is -0.365 e. The maximum atomic E-state index is 2.29. The van der Waals surface area contributed by atoms with Gasteiger partial charge in [-0.05, 0) is 20.2 Å². The van der Waals surface area contributed by atoms with Gasteiger partial charge in [0, 0.05) is 13.6 Å². The van der Waals surface area contributed by atoms with E-state index >= 15 is 0 Å². The van der Waals surface area contributed by atoms with Gasteiger partial charge in [0.15, 0.2) is 0 Å². The number of likely N-dealkylation sites (N-methyl/N-ethyl adjacent to an activating group) is 1. The summed E-state index contributed by atoms with van der Waals surface area (Å²) in [6.07, 6.45) is 4.85. The lowest BCUT2D eigenvalue weighted by Gasteiger charge is -2.34. The van der Waals surface area contributed by atoms with Crippen LogP contribution in [-0.2, 0) is 0 Å². The first-order valence-corrected chi connectivity index (χ1v) is 3.30. The molecule has 0 bridgehead atoms. The summed E-state index contributed by atoms with van der Waals surface area (Å²) >= 11 is 0. The molecule has 1 atom stereocenters. The van der Waals surface area contributed by atoms with E-state index < -0.39 is 0 Å². The molecule has 2 heteroatoms. The Morgan fingerprint density at radius 1 is 1.44 bits per heavy atom. The highest BCUT2D eigenvalue weighted by molar-refractivity contribution is 4.90. The molecule has 0 saturated heterocycles. The standard InChI is InChI=1S/C7H14N2/c1-7-8(2)5-4-6-9(7)3/h4-5,7H,6H2,1-3H3. The fourth-order valence-corrected chi connectivity index (χ4v) is 0.968. The molecule has 0 amide bonds. The van der Waals surface area contributed by atoms with Gasteiger partial charge < -0.3 is 4.90 Å². The van der Waals surface area contributed by atoms with E-state index in [9.17, 15) is 0 Å². The van der Waals surface area contributed by atoms with E-state index in [1.807, 2.05) is 0 Å². The molecule has 0 aromatic rings. The smallest absolute Gasteiger partial charge is 0.0783 e. The summed E-state index contributed by atoms with van der Waals surface area (Å²) in [6, 6.07) is 0. The second-order valence-electron chi connectivity index (χ2n) is 2.62. The van der Waals surface area contributed by atoms with E-state index in [2.05, 4.69) is 43.1 Å². The van der Waals surface area contributed by atoms with Crippen molar-refractivity contribution in [3.63, 3.8) is 0 Å². The maximum Gasteiger partial charge on any atom is 0.0783 e. The Bertz CT molecular complexity index is 120. The largest absolute Gasteiger partial charge is 0.365 e.